The van der Waals surface area contributed by atoms with Crippen LogP contribution in [0.5, 0.6) is 0 Å². The third-order valence-corrected chi connectivity index (χ3v) is 8.21. The zero-order valence-electron chi connectivity index (χ0n) is 25.1. The molecule has 6 atom stereocenters. The first kappa shape index (κ1) is 31.9. The van der Waals surface area contributed by atoms with E-state index in [4.69, 9.17) is 44.8 Å². The molecule has 4 aromatic carbocycles. The summed E-state index contributed by atoms with van der Waals surface area (Å²) in [4.78, 5) is 0. The van der Waals surface area contributed by atoms with E-state index in [1.807, 2.05) is 121 Å². The number of rotatable bonds is 14. The smallest absolute Gasteiger partial charge is 0.314 e. The van der Waals surface area contributed by atoms with E-state index < -0.39 is 30.4 Å². The fraction of sp³-hybridized carbons (Fsp3) is 0.351. The van der Waals surface area contributed by atoms with Crippen molar-refractivity contribution in [3.8, 4) is 0 Å². The van der Waals surface area contributed by atoms with Crippen molar-refractivity contribution in [2.24, 2.45) is 0 Å². The van der Waals surface area contributed by atoms with Gasteiger partial charge in [0, 0.05) is 0 Å². The SMILES string of the molecule is ClCC1CO[C@]2(O1)O[C@H](COCc1ccccc1)[C@@H](OCc1ccccc1)[C@H](OCc1ccccc1)[C@H]2OCc1ccccc1. The van der Waals surface area contributed by atoms with Crippen LogP contribution >= 0.6 is 11.6 Å². The Morgan fingerprint density at radius 2 is 1.04 bits per heavy atom. The molecule has 2 saturated heterocycles. The molecule has 7 nitrogen and oxygen atoms in total. The van der Waals surface area contributed by atoms with Gasteiger partial charge < -0.3 is 33.2 Å². The normalized spacial score (nSPS) is 26.3. The van der Waals surface area contributed by atoms with Crippen LogP contribution in [-0.4, -0.2) is 55.6 Å². The first-order valence-electron chi connectivity index (χ1n) is 15.4. The molecule has 8 heteroatoms. The van der Waals surface area contributed by atoms with Crippen LogP contribution < -0.4 is 0 Å². The average Bonchev–Trinajstić information content (AvgIpc) is 3.51. The van der Waals surface area contributed by atoms with Gasteiger partial charge in [-0.2, -0.15) is 0 Å². The molecule has 2 heterocycles. The lowest BCUT2D eigenvalue weighted by Crippen LogP contribution is -2.67. The van der Waals surface area contributed by atoms with Crippen LogP contribution in [0.25, 0.3) is 0 Å². The van der Waals surface area contributed by atoms with E-state index >= 15 is 0 Å². The van der Waals surface area contributed by atoms with Gasteiger partial charge in [-0.1, -0.05) is 121 Å². The van der Waals surface area contributed by atoms with Gasteiger partial charge in [0.05, 0.1) is 45.5 Å². The quantitative estimate of drug-likeness (QED) is 0.144. The molecule has 0 saturated carbocycles. The Morgan fingerprint density at radius 3 is 1.53 bits per heavy atom. The van der Waals surface area contributed by atoms with Crippen LogP contribution in [0.1, 0.15) is 22.3 Å². The molecule has 2 aliphatic rings. The van der Waals surface area contributed by atoms with Gasteiger partial charge in [0.25, 0.3) is 0 Å². The molecular formula is C37H39ClO7. The number of alkyl halides is 1. The van der Waals surface area contributed by atoms with E-state index in [0.29, 0.717) is 26.4 Å². The standard InChI is InChI=1S/C37H39ClO7/c38-21-32-26-43-37(44-32)36(42-25-31-19-11-4-12-20-31)35(41-24-30-17-9-3-10-18-30)34(40-23-29-15-7-2-8-16-29)33(45-37)27-39-22-28-13-5-1-6-14-28/h1-20,32-36H,21-27H2/t32?,33-,34-,35+,36-,37-/m1/s1. The molecule has 2 fully saturated rings. The Labute approximate surface area is 269 Å². The van der Waals surface area contributed by atoms with Crippen LogP contribution in [0.4, 0.5) is 0 Å². The number of benzene rings is 4. The molecule has 0 aliphatic carbocycles. The average molecular weight is 631 g/mol. The zero-order valence-corrected chi connectivity index (χ0v) is 25.9. The molecule has 0 radical (unpaired) electrons. The summed E-state index contributed by atoms with van der Waals surface area (Å²) >= 11 is 6.26. The van der Waals surface area contributed by atoms with Crippen LogP contribution in [0, 0.1) is 0 Å². The van der Waals surface area contributed by atoms with Gasteiger partial charge in [0.2, 0.25) is 0 Å². The van der Waals surface area contributed by atoms with E-state index in [9.17, 15) is 0 Å². The molecule has 1 unspecified atom stereocenters. The van der Waals surface area contributed by atoms with Gasteiger partial charge in [-0.25, -0.2) is 0 Å². The summed E-state index contributed by atoms with van der Waals surface area (Å²) in [5.41, 5.74) is 4.10. The van der Waals surface area contributed by atoms with Crippen molar-refractivity contribution in [3.63, 3.8) is 0 Å². The van der Waals surface area contributed by atoms with Gasteiger partial charge in [0.15, 0.2) is 6.10 Å². The summed E-state index contributed by atoms with van der Waals surface area (Å²) in [6.45, 7) is 1.85. The first-order chi connectivity index (χ1) is 22.2. The van der Waals surface area contributed by atoms with Gasteiger partial charge in [-0.05, 0) is 22.3 Å². The Hall–Kier alpha value is -3.11. The molecule has 0 N–H and O–H groups in total. The molecule has 6 rings (SSSR count). The lowest BCUT2D eigenvalue weighted by molar-refractivity contribution is -0.444. The molecule has 0 bridgehead atoms. The van der Waals surface area contributed by atoms with Crippen LogP contribution in [0.2, 0.25) is 0 Å². The zero-order chi connectivity index (χ0) is 30.7. The van der Waals surface area contributed by atoms with Crippen molar-refractivity contribution in [3.05, 3.63) is 144 Å². The minimum atomic E-state index is -1.57. The maximum atomic E-state index is 6.74. The monoisotopic (exact) mass is 630 g/mol. The van der Waals surface area contributed by atoms with Crippen molar-refractivity contribution < 1.29 is 33.2 Å². The Morgan fingerprint density at radius 1 is 0.578 bits per heavy atom. The molecule has 0 amide bonds. The van der Waals surface area contributed by atoms with Crippen molar-refractivity contribution in [2.75, 3.05) is 19.1 Å². The lowest BCUT2D eigenvalue weighted by Gasteiger charge is -2.49. The maximum absolute atomic E-state index is 6.74. The van der Waals surface area contributed by atoms with E-state index in [0.717, 1.165) is 22.3 Å². The minimum Gasteiger partial charge on any atom is -0.374 e. The summed E-state index contributed by atoms with van der Waals surface area (Å²) in [5.74, 6) is -1.32. The van der Waals surface area contributed by atoms with Crippen LogP contribution in [0.3, 0.4) is 0 Å². The maximum Gasteiger partial charge on any atom is 0.314 e. The predicted octanol–water partition coefficient (Wildman–Crippen LogP) is 6.67. The highest BCUT2D eigenvalue weighted by molar-refractivity contribution is 6.18. The third-order valence-electron chi connectivity index (χ3n) is 7.86. The van der Waals surface area contributed by atoms with Gasteiger partial charge in [-0.3, -0.25) is 0 Å². The second kappa shape index (κ2) is 15.9. The molecule has 2 aliphatic heterocycles. The highest BCUT2D eigenvalue weighted by Crippen LogP contribution is 2.42. The number of hydrogen-bond donors (Lipinski definition) is 0. The Bertz CT molecular complexity index is 1410. The highest BCUT2D eigenvalue weighted by Gasteiger charge is 2.62. The van der Waals surface area contributed by atoms with Crippen LogP contribution in [0.15, 0.2) is 121 Å². The molecular weight excluding hydrogens is 592 g/mol. The minimum absolute atomic E-state index is 0.213. The third kappa shape index (κ3) is 8.38. The molecule has 45 heavy (non-hydrogen) atoms. The summed E-state index contributed by atoms with van der Waals surface area (Å²) in [7, 11) is 0. The van der Waals surface area contributed by atoms with Crippen molar-refractivity contribution in [1.82, 2.24) is 0 Å². The Kier molecular flexibility index (Phi) is 11.3. The summed E-state index contributed by atoms with van der Waals surface area (Å²) < 4.78 is 45.8. The van der Waals surface area contributed by atoms with Crippen molar-refractivity contribution in [1.29, 1.82) is 0 Å². The largest absolute Gasteiger partial charge is 0.374 e. The summed E-state index contributed by atoms with van der Waals surface area (Å²) in [6, 6.07) is 40.0. The van der Waals surface area contributed by atoms with Crippen molar-refractivity contribution >= 4 is 11.6 Å². The second-order valence-electron chi connectivity index (χ2n) is 11.2. The topological polar surface area (TPSA) is 64.6 Å². The molecule has 236 valence electrons. The highest BCUT2D eigenvalue weighted by atomic mass is 35.5. The number of hydrogen-bond acceptors (Lipinski definition) is 7. The van der Waals surface area contributed by atoms with Gasteiger partial charge >= 0.3 is 5.97 Å². The molecule has 0 aromatic heterocycles. The summed E-state index contributed by atoms with van der Waals surface area (Å²) in [5, 5.41) is 0. The fourth-order valence-electron chi connectivity index (χ4n) is 5.60. The van der Waals surface area contributed by atoms with Gasteiger partial charge in [0.1, 0.15) is 24.4 Å². The fourth-order valence-corrected chi connectivity index (χ4v) is 5.75. The van der Waals surface area contributed by atoms with E-state index in [1.165, 1.54) is 0 Å². The lowest BCUT2D eigenvalue weighted by atomic mass is 9.96. The van der Waals surface area contributed by atoms with Crippen LogP contribution in [-0.2, 0) is 59.6 Å². The molecule has 4 aromatic rings. The molecule has 1 spiro atoms. The first-order valence-corrected chi connectivity index (χ1v) is 15.9. The summed E-state index contributed by atoms with van der Waals surface area (Å²) in [6.07, 6.45) is -3.02. The number of halogens is 1. The Balaban J connectivity index is 1.32. The number of ether oxygens (including phenoxy) is 7. The van der Waals surface area contributed by atoms with Crippen molar-refractivity contribution in [2.45, 2.75) is 62.9 Å². The second-order valence-corrected chi connectivity index (χ2v) is 11.5. The van der Waals surface area contributed by atoms with Gasteiger partial charge in [-0.15, -0.1) is 11.6 Å². The predicted molar refractivity (Wildman–Crippen MR) is 170 cm³/mol. The van der Waals surface area contributed by atoms with E-state index in [1.54, 1.807) is 0 Å². The van der Waals surface area contributed by atoms with E-state index in [-0.39, 0.29) is 25.2 Å². The van der Waals surface area contributed by atoms with E-state index in [2.05, 4.69) is 0 Å².